The van der Waals surface area contributed by atoms with Crippen molar-refractivity contribution in [3.63, 3.8) is 0 Å². The van der Waals surface area contributed by atoms with Crippen molar-refractivity contribution in [2.24, 2.45) is 4.99 Å². The van der Waals surface area contributed by atoms with Gasteiger partial charge in [0.2, 0.25) is 0 Å². The number of hydrogen-bond acceptors (Lipinski definition) is 5. The molecule has 2 saturated heterocycles. The van der Waals surface area contributed by atoms with E-state index in [1.165, 1.54) is 0 Å². The minimum atomic E-state index is 0. The van der Waals surface area contributed by atoms with E-state index in [-0.39, 0.29) is 28.7 Å². The second-order valence-corrected chi connectivity index (χ2v) is 8.45. The molecule has 0 aromatic heterocycles. The first-order chi connectivity index (χ1) is 13.2. The van der Waals surface area contributed by atoms with Crippen molar-refractivity contribution in [2.75, 3.05) is 58.2 Å². The normalized spacial score (nSPS) is 21.8. The number of nitrogens with zero attached hydrogens (tertiary/aromatic N) is 2. The molecule has 158 valence electrons. The predicted molar refractivity (Wildman–Crippen MR) is 130 cm³/mol. The average molecular weight is 520 g/mol. The fraction of sp³-hybridized carbons (Fsp3) is 0.650. The number of benzene rings is 1. The number of rotatable bonds is 6. The summed E-state index contributed by atoms with van der Waals surface area (Å²) in [6.07, 6.45) is 5.46. The fourth-order valence-corrected chi connectivity index (χ4v) is 4.61. The van der Waals surface area contributed by atoms with Crippen molar-refractivity contribution in [1.82, 2.24) is 10.6 Å². The highest BCUT2D eigenvalue weighted by atomic mass is 127. The monoisotopic (exact) mass is 520 g/mol. The summed E-state index contributed by atoms with van der Waals surface area (Å²) in [7, 11) is 3.58. The molecule has 0 radical (unpaired) electrons. The maximum atomic E-state index is 5.54. The third kappa shape index (κ3) is 5.82. The van der Waals surface area contributed by atoms with E-state index in [0.29, 0.717) is 6.04 Å². The van der Waals surface area contributed by atoms with Crippen molar-refractivity contribution in [2.45, 2.75) is 30.1 Å². The first kappa shape index (κ1) is 23.4. The van der Waals surface area contributed by atoms with Crippen LogP contribution in [0, 0.1) is 0 Å². The summed E-state index contributed by atoms with van der Waals surface area (Å²) in [6, 6.07) is 8.60. The van der Waals surface area contributed by atoms with E-state index in [2.05, 4.69) is 38.9 Å². The lowest BCUT2D eigenvalue weighted by Gasteiger charge is -2.36. The Kier molecular flexibility index (Phi) is 9.49. The van der Waals surface area contributed by atoms with Gasteiger partial charge in [0.25, 0.3) is 0 Å². The van der Waals surface area contributed by atoms with E-state index in [9.17, 15) is 0 Å². The third-order valence-electron chi connectivity index (χ3n) is 5.59. The van der Waals surface area contributed by atoms with Gasteiger partial charge in [-0.1, -0.05) is 12.1 Å². The number of halogens is 1. The number of guanidine groups is 1. The Labute approximate surface area is 190 Å². The van der Waals surface area contributed by atoms with Crippen LogP contribution < -0.4 is 20.3 Å². The molecular weight excluding hydrogens is 487 g/mol. The Balaban J connectivity index is 0.00000280. The van der Waals surface area contributed by atoms with Crippen LogP contribution in [0.25, 0.3) is 0 Å². The summed E-state index contributed by atoms with van der Waals surface area (Å²) >= 11 is 1.94. The smallest absolute Gasteiger partial charge is 0.191 e. The highest BCUT2D eigenvalue weighted by Crippen LogP contribution is 2.33. The molecule has 6 nitrogen and oxygen atoms in total. The molecule has 0 saturated carbocycles. The Hall–Kier alpha value is -0.870. The minimum Gasteiger partial charge on any atom is -0.495 e. The molecule has 2 heterocycles. The van der Waals surface area contributed by atoms with Gasteiger partial charge < -0.3 is 25.0 Å². The zero-order valence-corrected chi connectivity index (χ0v) is 20.2. The van der Waals surface area contributed by atoms with Gasteiger partial charge in [-0.25, -0.2) is 0 Å². The zero-order chi connectivity index (χ0) is 19.1. The summed E-state index contributed by atoms with van der Waals surface area (Å²) in [5.41, 5.74) is 1.16. The summed E-state index contributed by atoms with van der Waals surface area (Å²) in [5, 5.41) is 7.15. The minimum absolute atomic E-state index is 0. The van der Waals surface area contributed by atoms with E-state index in [1.807, 2.05) is 30.9 Å². The van der Waals surface area contributed by atoms with Crippen molar-refractivity contribution >= 4 is 47.4 Å². The van der Waals surface area contributed by atoms with E-state index in [1.54, 1.807) is 7.11 Å². The first-order valence-corrected chi connectivity index (χ1v) is 10.9. The molecule has 1 unspecified atom stereocenters. The van der Waals surface area contributed by atoms with Gasteiger partial charge in [-0.15, -0.1) is 24.0 Å². The molecule has 2 N–H and O–H groups in total. The van der Waals surface area contributed by atoms with Crippen molar-refractivity contribution in [3.05, 3.63) is 24.3 Å². The number of nitrogens with one attached hydrogen (secondary N) is 2. The summed E-state index contributed by atoms with van der Waals surface area (Å²) in [5.74, 6) is 1.82. The maximum Gasteiger partial charge on any atom is 0.191 e. The number of thioether (sulfide) groups is 1. The number of ether oxygens (including phenoxy) is 2. The standard InChI is InChI=1S/C20H32N4O2S.HI/c1-21-19(22-15-20(27-3)9-12-26-13-10-20)23-16-8-11-24(14-16)17-6-4-5-7-18(17)25-2;/h4-7,16H,8-15H2,1-3H3,(H2,21,22,23);1H. The molecule has 28 heavy (non-hydrogen) atoms. The Morgan fingerprint density at radius 2 is 2.11 bits per heavy atom. The van der Waals surface area contributed by atoms with Gasteiger partial charge in [-0.2, -0.15) is 11.8 Å². The van der Waals surface area contributed by atoms with Crippen molar-refractivity contribution in [1.29, 1.82) is 0 Å². The number of methoxy groups -OCH3 is 1. The molecule has 0 spiro atoms. The SMILES string of the molecule is CN=C(NCC1(SC)CCOCC1)NC1CCN(c2ccccc2OC)C1.I. The highest BCUT2D eigenvalue weighted by molar-refractivity contribution is 14.0. The molecule has 2 aliphatic heterocycles. The molecule has 1 aromatic rings. The summed E-state index contributed by atoms with van der Waals surface area (Å²) < 4.78 is 11.3. The van der Waals surface area contributed by atoms with Gasteiger partial charge in [0, 0.05) is 50.7 Å². The van der Waals surface area contributed by atoms with E-state index >= 15 is 0 Å². The Morgan fingerprint density at radius 3 is 2.79 bits per heavy atom. The molecule has 3 rings (SSSR count). The van der Waals surface area contributed by atoms with Crippen LogP contribution in [0.1, 0.15) is 19.3 Å². The Morgan fingerprint density at radius 1 is 1.36 bits per heavy atom. The van der Waals surface area contributed by atoms with Crippen LogP contribution in [0.3, 0.4) is 0 Å². The van der Waals surface area contributed by atoms with Gasteiger partial charge in [0.15, 0.2) is 5.96 Å². The quantitative estimate of drug-likeness (QED) is 0.342. The number of aliphatic imine (C=N–C) groups is 1. The Bertz CT molecular complexity index is 640. The molecule has 2 aliphatic rings. The molecule has 0 amide bonds. The summed E-state index contributed by atoms with van der Waals surface area (Å²) in [6.45, 7) is 4.58. The second-order valence-electron chi connectivity index (χ2n) is 7.17. The highest BCUT2D eigenvalue weighted by Gasteiger charge is 2.32. The number of para-hydroxylation sites is 2. The van der Waals surface area contributed by atoms with Crippen LogP contribution in [0.4, 0.5) is 5.69 Å². The fourth-order valence-electron chi connectivity index (χ4n) is 3.82. The molecule has 2 fully saturated rings. The van der Waals surface area contributed by atoms with Gasteiger partial charge in [0.1, 0.15) is 5.75 Å². The lowest BCUT2D eigenvalue weighted by atomic mass is 9.99. The van der Waals surface area contributed by atoms with Gasteiger partial charge in [-0.3, -0.25) is 4.99 Å². The van der Waals surface area contributed by atoms with Crippen LogP contribution in [0.5, 0.6) is 5.75 Å². The number of hydrogen-bond donors (Lipinski definition) is 2. The van der Waals surface area contributed by atoms with E-state index in [4.69, 9.17) is 9.47 Å². The lowest BCUT2D eigenvalue weighted by molar-refractivity contribution is 0.0782. The van der Waals surface area contributed by atoms with Crippen LogP contribution in [0.15, 0.2) is 29.3 Å². The average Bonchev–Trinajstić information content (AvgIpc) is 3.20. The van der Waals surface area contributed by atoms with Crippen LogP contribution in [-0.4, -0.2) is 70.0 Å². The molecular formula is C20H33IN4O2S. The van der Waals surface area contributed by atoms with Crippen LogP contribution in [-0.2, 0) is 4.74 Å². The van der Waals surface area contributed by atoms with Crippen molar-refractivity contribution < 1.29 is 9.47 Å². The first-order valence-electron chi connectivity index (χ1n) is 9.68. The zero-order valence-electron chi connectivity index (χ0n) is 17.1. The molecule has 1 atom stereocenters. The van der Waals surface area contributed by atoms with E-state index < -0.39 is 0 Å². The topological polar surface area (TPSA) is 58.1 Å². The predicted octanol–water partition coefficient (Wildman–Crippen LogP) is 2.97. The molecule has 1 aromatic carbocycles. The number of anilines is 1. The van der Waals surface area contributed by atoms with Gasteiger partial charge >= 0.3 is 0 Å². The second kappa shape index (κ2) is 11.3. The molecule has 0 bridgehead atoms. The largest absolute Gasteiger partial charge is 0.495 e. The van der Waals surface area contributed by atoms with Gasteiger partial charge in [0.05, 0.1) is 12.8 Å². The van der Waals surface area contributed by atoms with Crippen molar-refractivity contribution in [3.8, 4) is 5.75 Å². The van der Waals surface area contributed by atoms with E-state index in [0.717, 1.165) is 69.5 Å². The van der Waals surface area contributed by atoms with Crippen LogP contribution in [0.2, 0.25) is 0 Å². The maximum absolute atomic E-state index is 5.54. The lowest BCUT2D eigenvalue weighted by Crippen LogP contribution is -2.50. The molecule has 0 aliphatic carbocycles. The summed E-state index contributed by atoms with van der Waals surface area (Å²) in [4.78, 5) is 6.82. The molecule has 8 heteroatoms. The van der Waals surface area contributed by atoms with Gasteiger partial charge in [-0.05, 0) is 37.7 Å². The van der Waals surface area contributed by atoms with Crippen LogP contribution >= 0.6 is 35.7 Å². The third-order valence-corrected chi connectivity index (χ3v) is 7.01.